The summed E-state index contributed by atoms with van der Waals surface area (Å²) in [6, 6.07) is 58.1. The summed E-state index contributed by atoms with van der Waals surface area (Å²) in [5.41, 5.74) is 13.2. The molecule has 0 bridgehead atoms. The Morgan fingerprint density at radius 3 is 1.72 bits per heavy atom. The van der Waals surface area contributed by atoms with Gasteiger partial charge >= 0.3 is 0 Å². The molecule has 5 heteroatoms. The minimum Gasteiger partial charge on any atom is -0.264 e. The second-order valence-corrected chi connectivity index (χ2v) is 14.9. The van der Waals surface area contributed by atoms with Gasteiger partial charge in [-0.3, -0.25) is 15.0 Å². The largest absolute Gasteiger partial charge is 0.264 e. The van der Waals surface area contributed by atoms with Crippen LogP contribution < -0.4 is 0 Å². The average molecular weight is 738 g/mol. The molecule has 0 aliphatic rings. The number of pyridine rings is 5. The zero-order valence-corrected chi connectivity index (χ0v) is 31.1. The molecule has 0 N–H and O–H groups in total. The van der Waals surface area contributed by atoms with Crippen LogP contribution in [0, 0.1) is 0 Å². The minimum atomic E-state index is 0.893. The lowest BCUT2D eigenvalue weighted by Gasteiger charge is -2.16. The highest BCUT2D eigenvalue weighted by molar-refractivity contribution is 6.27. The lowest BCUT2D eigenvalue weighted by Crippen LogP contribution is -1.93. The molecule has 0 saturated carbocycles. The summed E-state index contributed by atoms with van der Waals surface area (Å²) in [5, 5.41) is 10.6. The molecule has 268 valence electrons. The van der Waals surface area contributed by atoms with Gasteiger partial charge < -0.3 is 0 Å². The van der Waals surface area contributed by atoms with Crippen LogP contribution in [0.2, 0.25) is 0 Å². The number of aromatic nitrogens is 5. The fourth-order valence-corrected chi connectivity index (χ4v) is 8.71. The predicted octanol–water partition coefficient (Wildman–Crippen LogP) is 13.4. The summed E-state index contributed by atoms with van der Waals surface area (Å²) >= 11 is 0. The highest BCUT2D eigenvalue weighted by Gasteiger charge is 2.17. The topological polar surface area (TPSA) is 64.5 Å². The second-order valence-electron chi connectivity index (χ2n) is 14.9. The molecule has 0 aliphatic heterocycles. The van der Waals surface area contributed by atoms with Gasteiger partial charge in [-0.1, -0.05) is 109 Å². The highest BCUT2D eigenvalue weighted by Crippen LogP contribution is 2.42. The van der Waals surface area contributed by atoms with Crippen molar-refractivity contribution in [2.75, 3.05) is 0 Å². The fraction of sp³-hybridized carbons (Fsp3) is 0. The molecule has 0 atom stereocenters. The van der Waals surface area contributed by atoms with Crippen LogP contribution in [-0.4, -0.2) is 24.9 Å². The van der Waals surface area contributed by atoms with Gasteiger partial charge in [0, 0.05) is 63.2 Å². The molecule has 0 aliphatic carbocycles. The first-order valence-electron chi connectivity index (χ1n) is 19.5. The zero-order chi connectivity index (χ0) is 38.2. The van der Waals surface area contributed by atoms with E-state index < -0.39 is 0 Å². The van der Waals surface area contributed by atoms with Gasteiger partial charge in [0.15, 0.2) is 0 Å². The van der Waals surface area contributed by atoms with Gasteiger partial charge in [0.1, 0.15) is 0 Å². The molecule has 5 aromatic heterocycles. The summed E-state index contributed by atoms with van der Waals surface area (Å²) < 4.78 is 0. The molecule has 0 amide bonds. The average Bonchev–Trinajstić information content (AvgIpc) is 3.30. The Morgan fingerprint density at radius 1 is 0.328 bits per heavy atom. The molecule has 0 spiro atoms. The second kappa shape index (κ2) is 12.8. The summed E-state index contributed by atoms with van der Waals surface area (Å²) in [6.45, 7) is 0. The van der Waals surface area contributed by atoms with E-state index in [1.807, 2.05) is 36.8 Å². The Labute approximate surface area is 333 Å². The molecule has 5 heterocycles. The van der Waals surface area contributed by atoms with Crippen LogP contribution in [0.5, 0.6) is 0 Å². The van der Waals surface area contributed by atoms with Crippen LogP contribution in [-0.2, 0) is 0 Å². The monoisotopic (exact) mass is 737 g/mol. The molecule has 0 fully saturated rings. The van der Waals surface area contributed by atoms with E-state index in [9.17, 15) is 0 Å². The van der Waals surface area contributed by atoms with Crippen molar-refractivity contribution in [1.82, 2.24) is 24.9 Å². The van der Waals surface area contributed by atoms with Crippen molar-refractivity contribution < 1.29 is 0 Å². The third-order valence-corrected chi connectivity index (χ3v) is 11.6. The van der Waals surface area contributed by atoms with Crippen LogP contribution in [0.25, 0.3) is 121 Å². The van der Waals surface area contributed by atoms with Gasteiger partial charge in [0.2, 0.25) is 0 Å². The summed E-state index contributed by atoms with van der Waals surface area (Å²) in [5.74, 6) is 0. The van der Waals surface area contributed by atoms with E-state index in [0.717, 1.165) is 88.7 Å². The van der Waals surface area contributed by atoms with Gasteiger partial charge in [-0.2, -0.15) is 0 Å². The molecular formula is C53H31N5. The van der Waals surface area contributed by atoms with E-state index in [0.29, 0.717) is 0 Å². The van der Waals surface area contributed by atoms with Crippen LogP contribution >= 0.6 is 0 Å². The van der Waals surface area contributed by atoms with Crippen molar-refractivity contribution in [3.8, 4) is 56.0 Å². The first-order valence-corrected chi connectivity index (χ1v) is 19.5. The SMILES string of the molecule is c1cncc(-c2ccc(-c3ccc4ccc5c(-c6ccc7ccc8ccc(-c9cccc(-c%10ccc%11ncccc%11c%10)c9)nc8c7n6)ccc6ccc3c4c65)cn2)c1. The molecule has 0 radical (unpaired) electrons. The Bertz CT molecular complexity index is 3560. The lowest BCUT2D eigenvalue weighted by atomic mass is 9.88. The number of hydrogen-bond acceptors (Lipinski definition) is 5. The molecule has 5 nitrogen and oxygen atoms in total. The van der Waals surface area contributed by atoms with E-state index in [1.54, 1.807) is 6.20 Å². The first kappa shape index (κ1) is 32.4. The number of benzene rings is 7. The van der Waals surface area contributed by atoms with Gasteiger partial charge in [0.25, 0.3) is 0 Å². The van der Waals surface area contributed by atoms with Gasteiger partial charge in [-0.15, -0.1) is 0 Å². The fourth-order valence-electron chi connectivity index (χ4n) is 8.71. The molecule has 0 saturated heterocycles. The lowest BCUT2D eigenvalue weighted by molar-refractivity contribution is 1.28. The molecule has 0 unspecified atom stereocenters. The number of rotatable bonds is 5. The maximum atomic E-state index is 5.40. The standard InChI is InChI=1S/C53H31N5/c1-4-36(37-16-22-46-38(29-37)6-3-27-55-46)28-39(5-1)48-24-14-34-8-9-35-15-25-49(58-53(35)52(34)57-48)43-19-11-33-12-20-44-42(18-10-32-13-21-45(43)51(33)50(32)44)40-17-23-47(56-31-40)41-7-2-26-54-30-41/h1-31H. The van der Waals surface area contributed by atoms with Crippen molar-refractivity contribution in [1.29, 1.82) is 0 Å². The van der Waals surface area contributed by atoms with Crippen molar-refractivity contribution in [2.45, 2.75) is 0 Å². The van der Waals surface area contributed by atoms with E-state index in [4.69, 9.17) is 15.0 Å². The van der Waals surface area contributed by atoms with Crippen LogP contribution in [0.15, 0.2) is 189 Å². The van der Waals surface area contributed by atoms with Gasteiger partial charge in [-0.05, 0) is 104 Å². The van der Waals surface area contributed by atoms with E-state index in [-0.39, 0.29) is 0 Å². The number of fused-ring (bicyclic) bond motifs is 4. The van der Waals surface area contributed by atoms with Crippen molar-refractivity contribution in [3.63, 3.8) is 0 Å². The molecule has 12 rings (SSSR count). The van der Waals surface area contributed by atoms with E-state index >= 15 is 0 Å². The van der Waals surface area contributed by atoms with Crippen LogP contribution in [0.4, 0.5) is 0 Å². The quantitative estimate of drug-likeness (QED) is 0.165. The Morgan fingerprint density at radius 2 is 0.948 bits per heavy atom. The summed E-state index contributed by atoms with van der Waals surface area (Å²) in [7, 11) is 0. The number of hydrogen-bond donors (Lipinski definition) is 0. The van der Waals surface area contributed by atoms with Crippen molar-refractivity contribution in [2.24, 2.45) is 0 Å². The minimum absolute atomic E-state index is 0.893. The summed E-state index contributed by atoms with van der Waals surface area (Å²) in [6.07, 6.45) is 7.44. The third kappa shape index (κ3) is 5.21. The van der Waals surface area contributed by atoms with Crippen molar-refractivity contribution >= 4 is 65.0 Å². The Kier molecular flexibility index (Phi) is 7.16. The molecular weight excluding hydrogens is 707 g/mol. The van der Waals surface area contributed by atoms with Crippen molar-refractivity contribution in [3.05, 3.63) is 189 Å². The molecule has 12 aromatic rings. The maximum absolute atomic E-state index is 5.40. The van der Waals surface area contributed by atoms with E-state index in [1.165, 1.54) is 32.3 Å². The van der Waals surface area contributed by atoms with Crippen LogP contribution in [0.1, 0.15) is 0 Å². The Hall–Kier alpha value is -7.89. The first-order chi connectivity index (χ1) is 28.7. The zero-order valence-electron chi connectivity index (χ0n) is 31.1. The molecule has 58 heavy (non-hydrogen) atoms. The normalized spacial score (nSPS) is 11.8. The molecule has 7 aromatic carbocycles. The third-order valence-electron chi connectivity index (χ3n) is 11.6. The van der Waals surface area contributed by atoms with Gasteiger partial charge in [-0.25, -0.2) is 9.97 Å². The summed E-state index contributed by atoms with van der Waals surface area (Å²) in [4.78, 5) is 24.3. The Balaban J connectivity index is 0.968. The predicted molar refractivity (Wildman–Crippen MR) is 239 cm³/mol. The van der Waals surface area contributed by atoms with E-state index in [2.05, 4.69) is 156 Å². The number of nitrogens with zero attached hydrogens (tertiary/aromatic N) is 5. The van der Waals surface area contributed by atoms with Gasteiger partial charge in [0.05, 0.1) is 33.6 Å². The van der Waals surface area contributed by atoms with Crippen LogP contribution in [0.3, 0.4) is 0 Å². The maximum Gasteiger partial charge on any atom is 0.0972 e. The smallest absolute Gasteiger partial charge is 0.0972 e. The highest BCUT2D eigenvalue weighted by atomic mass is 14.8.